The number of hydrogen-bond acceptors (Lipinski definition) is 2. The van der Waals surface area contributed by atoms with Crippen LogP contribution in [0.25, 0.3) is 43.8 Å². The highest BCUT2D eigenvalue weighted by atomic mass is 31.1. The van der Waals surface area contributed by atoms with E-state index in [0.717, 1.165) is 32.7 Å². The Balaban J connectivity index is 1.41. The molecule has 0 amide bonds. The Morgan fingerprint density at radius 2 is 0.927 bits per heavy atom. The van der Waals surface area contributed by atoms with Crippen molar-refractivity contribution in [2.24, 2.45) is 0 Å². The second-order valence-corrected chi connectivity index (χ2v) is 12.3. The van der Waals surface area contributed by atoms with E-state index in [4.69, 9.17) is 0 Å². The topological polar surface area (TPSA) is 40.5 Å². The molecule has 0 heterocycles. The first kappa shape index (κ1) is 25.1. The summed E-state index contributed by atoms with van der Waals surface area (Å²) in [6.07, 6.45) is 0. The first-order valence-electron chi connectivity index (χ1n) is 13.7. The number of phenols is 2. The summed E-state index contributed by atoms with van der Waals surface area (Å²) in [6.45, 7) is 0. The maximum absolute atomic E-state index is 11.9. The van der Waals surface area contributed by atoms with E-state index in [1.807, 2.05) is 54.6 Å². The fourth-order valence-electron chi connectivity index (χ4n) is 5.72. The van der Waals surface area contributed by atoms with Crippen molar-refractivity contribution in [1.82, 2.24) is 0 Å². The van der Waals surface area contributed by atoms with E-state index in [0.29, 0.717) is 11.1 Å². The smallest absolute Gasteiger partial charge is 0.132 e. The molecule has 2 nitrogen and oxygen atoms in total. The molecule has 0 radical (unpaired) electrons. The lowest BCUT2D eigenvalue weighted by atomic mass is 9.89. The van der Waals surface area contributed by atoms with E-state index in [2.05, 4.69) is 91.0 Å². The summed E-state index contributed by atoms with van der Waals surface area (Å²) in [7, 11) is -0.725. The van der Waals surface area contributed by atoms with Crippen molar-refractivity contribution in [2.45, 2.75) is 0 Å². The van der Waals surface area contributed by atoms with E-state index < -0.39 is 7.92 Å². The Bertz CT molecular complexity index is 1960. The molecular formula is C38H27O2P. The van der Waals surface area contributed by atoms with E-state index in [1.54, 1.807) is 6.07 Å². The van der Waals surface area contributed by atoms with E-state index in [-0.39, 0.29) is 11.5 Å². The van der Waals surface area contributed by atoms with Crippen LogP contribution in [0.5, 0.6) is 11.5 Å². The summed E-state index contributed by atoms with van der Waals surface area (Å²) >= 11 is 0. The number of fused-ring (bicyclic) bond motifs is 2. The minimum atomic E-state index is -0.725. The summed E-state index contributed by atoms with van der Waals surface area (Å²) < 4.78 is 0. The van der Waals surface area contributed by atoms with Gasteiger partial charge in [0.05, 0.1) is 0 Å². The SMILES string of the molecule is Oc1ccc2ccccc2c1-c1c(O)c(-c2ccc(P(c3ccccc3)c3ccccc3)cc2)cc2ccccc12. The van der Waals surface area contributed by atoms with Gasteiger partial charge in [-0.25, -0.2) is 0 Å². The number of rotatable bonds is 5. The minimum absolute atomic E-state index is 0.146. The highest BCUT2D eigenvalue weighted by molar-refractivity contribution is 7.79. The van der Waals surface area contributed by atoms with Crippen molar-refractivity contribution in [3.05, 3.63) is 152 Å². The van der Waals surface area contributed by atoms with E-state index >= 15 is 0 Å². The molecule has 196 valence electrons. The molecule has 0 aliphatic carbocycles. The Morgan fingerprint density at radius 1 is 0.415 bits per heavy atom. The van der Waals surface area contributed by atoms with Crippen molar-refractivity contribution >= 4 is 45.4 Å². The lowest BCUT2D eigenvalue weighted by Gasteiger charge is -2.20. The van der Waals surface area contributed by atoms with Crippen LogP contribution in [0.2, 0.25) is 0 Å². The molecule has 0 spiro atoms. The third-order valence-corrected chi connectivity index (χ3v) is 10.1. The standard InChI is InChI=1S/C38H27O2P/c39-35-24-21-26-11-7-9-17-32(26)36(35)37-33-18-10-8-12-28(33)25-34(38(37)40)27-19-22-31(23-20-27)41(29-13-3-1-4-14-29)30-15-5-2-6-16-30/h1-25,39-40H. The molecule has 0 bridgehead atoms. The molecule has 41 heavy (non-hydrogen) atoms. The minimum Gasteiger partial charge on any atom is -0.507 e. The van der Waals surface area contributed by atoms with Crippen LogP contribution in [0.15, 0.2) is 152 Å². The van der Waals surface area contributed by atoms with E-state index in [1.165, 1.54) is 15.9 Å². The fourth-order valence-corrected chi connectivity index (χ4v) is 8.01. The highest BCUT2D eigenvalue weighted by Gasteiger charge is 2.21. The molecule has 7 aromatic carbocycles. The lowest BCUT2D eigenvalue weighted by Crippen LogP contribution is -2.20. The summed E-state index contributed by atoms with van der Waals surface area (Å²) in [5.74, 6) is 0.310. The van der Waals surface area contributed by atoms with Crippen LogP contribution in [-0.2, 0) is 0 Å². The predicted molar refractivity (Wildman–Crippen MR) is 174 cm³/mol. The molecule has 3 heteroatoms. The Morgan fingerprint density at radius 3 is 1.56 bits per heavy atom. The van der Waals surface area contributed by atoms with Crippen LogP contribution >= 0.6 is 7.92 Å². The van der Waals surface area contributed by atoms with Gasteiger partial charge in [-0.3, -0.25) is 0 Å². The van der Waals surface area contributed by atoms with Gasteiger partial charge in [0, 0.05) is 16.7 Å². The maximum Gasteiger partial charge on any atom is 0.132 e. The van der Waals surface area contributed by atoms with Gasteiger partial charge >= 0.3 is 0 Å². The average molecular weight is 547 g/mol. The van der Waals surface area contributed by atoms with Crippen molar-refractivity contribution in [1.29, 1.82) is 0 Å². The third-order valence-electron chi connectivity index (χ3n) is 7.64. The van der Waals surface area contributed by atoms with Gasteiger partial charge < -0.3 is 10.2 Å². The van der Waals surface area contributed by atoms with Crippen molar-refractivity contribution in [2.75, 3.05) is 0 Å². The molecule has 2 N–H and O–H groups in total. The fraction of sp³-hybridized carbons (Fsp3) is 0. The zero-order chi connectivity index (χ0) is 27.8. The highest BCUT2D eigenvalue weighted by Crippen LogP contribution is 2.48. The second kappa shape index (κ2) is 10.6. The lowest BCUT2D eigenvalue weighted by molar-refractivity contribution is 0.471. The molecule has 0 aliphatic rings. The first-order valence-corrected chi connectivity index (χ1v) is 15.0. The normalized spacial score (nSPS) is 11.3. The second-order valence-electron chi connectivity index (χ2n) is 10.1. The van der Waals surface area contributed by atoms with Gasteiger partial charge in [0.2, 0.25) is 0 Å². The molecule has 0 aromatic heterocycles. The predicted octanol–water partition coefficient (Wildman–Crippen LogP) is 8.50. The zero-order valence-corrected chi connectivity index (χ0v) is 23.2. The molecule has 7 aromatic rings. The van der Waals surface area contributed by atoms with Gasteiger partial charge in [-0.15, -0.1) is 0 Å². The molecule has 0 unspecified atom stereocenters. The number of aromatic hydroxyl groups is 2. The molecule has 0 aliphatic heterocycles. The number of benzene rings is 7. The van der Waals surface area contributed by atoms with Gasteiger partial charge in [-0.1, -0.05) is 140 Å². The van der Waals surface area contributed by atoms with Crippen LogP contribution in [0, 0.1) is 0 Å². The molecule has 0 saturated heterocycles. The zero-order valence-electron chi connectivity index (χ0n) is 22.3. The summed E-state index contributed by atoms with van der Waals surface area (Å²) in [5, 5.41) is 30.7. The van der Waals surface area contributed by atoms with Crippen molar-refractivity contribution in [3.63, 3.8) is 0 Å². The molecule has 0 fully saturated rings. The number of phenolic OH excluding ortho intramolecular Hbond substituents is 2. The first-order chi connectivity index (χ1) is 20.2. The van der Waals surface area contributed by atoms with Crippen molar-refractivity contribution in [3.8, 4) is 33.8 Å². The molecule has 0 atom stereocenters. The molecule has 7 rings (SSSR count). The van der Waals surface area contributed by atoms with Crippen molar-refractivity contribution < 1.29 is 10.2 Å². The van der Waals surface area contributed by atoms with Crippen LogP contribution in [-0.4, -0.2) is 10.2 Å². The summed E-state index contributed by atoms with van der Waals surface area (Å²) in [6, 6.07) is 51.5. The Kier molecular flexibility index (Phi) is 6.47. The third kappa shape index (κ3) is 4.53. The quantitative estimate of drug-likeness (QED) is 0.213. The Labute approximate surface area is 240 Å². The van der Waals surface area contributed by atoms with Gasteiger partial charge in [0.1, 0.15) is 11.5 Å². The van der Waals surface area contributed by atoms with Gasteiger partial charge in [0.25, 0.3) is 0 Å². The number of hydrogen-bond donors (Lipinski definition) is 2. The van der Waals surface area contributed by atoms with Crippen LogP contribution < -0.4 is 15.9 Å². The largest absolute Gasteiger partial charge is 0.507 e. The van der Waals surface area contributed by atoms with Gasteiger partial charge in [-0.05, 0) is 63.1 Å². The average Bonchev–Trinajstić information content (AvgIpc) is 3.03. The maximum atomic E-state index is 11.9. The Hall–Kier alpha value is -4.91. The monoisotopic (exact) mass is 546 g/mol. The molecular weight excluding hydrogens is 519 g/mol. The van der Waals surface area contributed by atoms with E-state index in [9.17, 15) is 10.2 Å². The summed E-state index contributed by atoms with van der Waals surface area (Å²) in [5.41, 5.74) is 2.95. The van der Waals surface area contributed by atoms with Gasteiger partial charge in [0.15, 0.2) is 0 Å². The summed E-state index contributed by atoms with van der Waals surface area (Å²) in [4.78, 5) is 0. The van der Waals surface area contributed by atoms with Gasteiger partial charge in [-0.2, -0.15) is 0 Å². The molecule has 0 saturated carbocycles. The van der Waals surface area contributed by atoms with Crippen LogP contribution in [0.3, 0.4) is 0 Å². The van der Waals surface area contributed by atoms with Crippen LogP contribution in [0.1, 0.15) is 0 Å². The van der Waals surface area contributed by atoms with Crippen LogP contribution in [0.4, 0.5) is 0 Å².